The van der Waals surface area contributed by atoms with Gasteiger partial charge in [0.25, 0.3) is 0 Å². The Balaban J connectivity index is 4.26. The molecule has 3 nitrogen and oxygen atoms in total. The molecule has 3 N–H and O–H groups in total. The molecule has 0 heterocycles. The highest BCUT2D eigenvalue weighted by Gasteiger charge is 2.33. The Morgan fingerprint density at radius 3 is 1.88 bits per heavy atom. The quantitative estimate of drug-likeness (QED) is 0.315. The second-order valence-corrected chi connectivity index (χ2v) is 4.29. The van der Waals surface area contributed by atoms with E-state index in [1.807, 2.05) is 0 Å². The third-order valence-electron chi connectivity index (χ3n) is 2.14. The van der Waals surface area contributed by atoms with Gasteiger partial charge in [0.05, 0.1) is 0 Å². The smallest absolute Gasteiger partial charge is 0.183 e. The molecule has 16 heavy (non-hydrogen) atoms. The lowest BCUT2D eigenvalue weighted by atomic mass is 10.2. The number of rotatable bonds is 9. The summed E-state index contributed by atoms with van der Waals surface area (Å²) >= 11 is 7.82. The molecular formula is C9H21F2N3S2. The zero-order valence-corrected chi connectivity index (χ0v) is 11.5. The molecule has 1 unspecified atom stereocenters. The van der Waals surface area contributed by atoms with Crippen LogP contribution in [0.5, 0.6) is 0 Å². The maximum Gasteiger partial charge on any atom is 0.183 e. The molecule has 0 bridgehead atoms. The van der Waals surface area contributed by atoms with Crippen molar-refractivity contribution in [3.05, 3.63) is 0 Å². The highest BCUT2D eigenvalue weighted by molar-refractivity contribution is 7.80. The first-order valence-corrected chi connectivity index (χ1v) is 6.46. The van der Waals surface area contributed by atoms with E-state index in [0.29, 0.717) is 6.54 Å². The Morgan fingerprint density at radius 2 is 1.50 bits per heavy atom. The molecule has 98 valence electrons. The maximum absolute atomic E-state index is 14.0. The summed E-state index contributed by atoms with van der Waals surface area (Å²) < 4.78 is 27.9. The van der Waals surface area contributed by atoms with Crippen molar-refractivity contribution < 1.29 is 8.78 Å². The predicted octanol–water partition coefficient (Wildman–Crippen LogP) is 0.596. The van der Waals surface area contributed by atoms with Gasteiger partial charge in [-0.25, -0.2) is 8.78 Å². The number of thiol groups is 2. The monoisotopic (exact) mass is 273 g/mol. The van der Waals surface area contributed by atoms with E-state index in [2.05, 4.69) is 41.2 Å². The average Bonchev–Trinajstić information content (AvgIpc) is 2.27. The van der Waals surface area contributed by atoms with Crippen LogP contribution in [0.25, 0.3) is 0 Å². The molecule has 0 aliphatic heterocycles. The van der Waals surface area contributed by atoms with Crippen LogP contribution in [0.15, 0.2) is 0 Å². The van der Waals surface area contributed by atoms with Crippen LogP contribution in [0.3, 0.4) is 0 Å². The van der Waals surface area contributed by atoms with E-state index in [1.165, 1.54) is 0 Å². The number of halogens is 2. The third kappa shape index (κ3) is 5.67. The zero-order chi connectivity index (χ0) is 12.7. The predicted molar refractivity (Wildman–Crippen MR) is 71.0 cm³/mol. The van der Waals surface area contributed by atoms with Crippen molar-refractivity contribution in [2.24, 2.45) is 0 Å². The van der Waals surface area contributed by atoms with E-state index >= 15 is 0 Å². The summed E-state index contributed by atoms with van der Waals surface area (Å²) in [6.07, 6.45) is 0. The number of alkyl halides is 2. The van der Waals surface area contributed by atoms with E-state index in [4.69, 9.17) is 0 Å². The minimum atomic E-state index is -1.71. The second-order valence-electron chi connectivity index (χ2n) is 3.66. The molecule has 0 saturated carbocycles. The largest absolute Gasteiger partial charge is 0.315 e. The minimum Gasteiger partial charge on any atom is -0.315 e. The van der Waals surface area contributed by atoms with Crippen molar-refractivity contribution >= 4 is 25.3 Å². The van der Waals surface area contributed by atoms with Crippen LogP contribution in [-0.4, -0.2) is 49.8 Å². The average molecular weight is 273 g/mol. The first-order chi connectivity index (χ1) is 7.45. The van der Waals surface area contributed by atoms with Crippen molar-refractivity contribution in [2.75, 3.05) is 38.2 Å². The fourth-order valence-corrected chi connectivity index (χ4v) is 1.69. The van der Waals surface area contributed by atoms with Crippen LogP contribution in [-0.2, 0) is 0 Å². The Morgan fingerprint density at radius 1 is 1.00 bits per heavy atom. The molecule has 0 spiro atoms. The molecule has 2 atom stereocenters. The maximum atomic E-state index is 14.0. The van der Waals surface area contributed by atoms with Gasteiger partial charge in [-0.2, -0.15) is 25.3 Å². The normalized spacial score (nSPS) is 19.1. The molecule has 7 heteroatoms. The SMILES string of the molecule is CCN[C@@](F)(CS)CNC(F)(CS)CNC. The first-order valence-electron chi connectivity index (χ1n) is 5.19. The van der Waals surface area contributed by atoms with Crippen LogP contribution in [0.4, 0.5) is 8.78 Å². The topological polar surface area (TPSA) is 36.1 Å². The molecule has 0 aromatic carbocycles. The van der Waals surface area contributed by atoms with Gasteiger partial charge in [0.15, 0.2) is 11.6 Å². The van der Waals surface area contributed by atoms with Crippen LogP contribution in [0, 0.1) is 0 Å². The molecule has 0 fully saturated rings. The summed E-state index contributed by atoms with van der Waals surface area (Å²) in [4.78, 5) is 0. The van der Waals surface area contributed by atoms with Gasteiger partial charge in [-0.1, -0.05) is 6.92 Å². The minimum absolute atomic E-state index is 0.0178. The van der Waals surface area contributed by atoms with Crippen LogP contribution in [0.2, 0.25) is 0 Å². The van der Waals surface area contributed by atoms with E-state index in [0.717, 1.165) is 0 Å². The van der Waals surface area contributed by atoms with Crippen molar-refractivity contribution in [2.45, 2.75) is 18.5 Å². The second kappa shape index (κ2) is 7.71. The molecule has 0 rings (SSSR count). The first kappa shape index (κ1) is 16.4. The number of hydrogen-bond donors (Lipinski definition) is 5. The summed E-state index contributed by atoms with van der Waals surface area (Å²) in [6.45, 7) is 2.17. The number of likely N-dealkylation sites (N-methyl/N-ethyl adjacent to an activating group) is 2. The summed E-state index contributed by atoms with van der Waals surface area (Å²) in [5.41, 5.74) is 0. The fourth-order valence-electron chi connectivity index (χ4n) is 1.24. The Bertz CT molecular complexity index is 180. The van der Waals surface area contributed by atoms with Gasteiger partial charge in [0.2, 0.25) is 0 Å². The van der Waals surface area contributed by atoms with Crippen LogP contribution in [0.1, 0.15) is 6.92 Å². The van der Waals surface area contributed by atoms with Gasteiger partial charge in [0.1, 0.15) is 0 Å². The molecule has 0 aliphatic carbocycles. The van der Waals surface area contributed by atoms with Gasteiger partial charge in [0, 0.05) is 24.6 Å². The van der Waals surface area contributed by atoms with Gasteiger partial charge in [-0.15, -0.1) is 0 Å². The van der Waals surface area contributed by atoms with E-state index in [1.54, 1.807) is 14.0 Å². The summed E-state index contributed by atoms with van der Waals surface area (Å²) in [5, 5.41) is 7.86. The standard InChI is InChI=1S/C9H21F2N3S2/c1-3-13-9(11,7-16)5-14-8(10,6-15)4-12-2/h12-16H,3-7H2,1-2H3/t8?,9-/m1/s1. The van der Waals surface area contributed by atoms with Gasteiger partial charge in [-0.3, -0.25) is 10.6 Å². The lowest BCUT2D eigenvalue weighted by Crippen LogP contribution is -2.58. The fraction of sp³-hybridized carbons (Fsp3) is 1.00. The van der Waals surface area contributed by atoms with Crippen molar-refractivity contribution in [1.29, 1.82) is 0 Å². The molecule has 0 amide bonds. The molecular weight excluding hydrogens is 252 g/mol. The highest BCUT2D eigenvalue weighted by Crippen LogP contribution is 2.13. The summed E-state index contributed by atoms with van der Waals surface area (Å²) in [5.74, 6) is -3.46. The van der Waals surface area contributed by atoms with Crippen molar-refractivity contribution in [3.63, 3.8) is 0 Å². The number of hydrogen-bond acceptors (Lipinski definition) is 5. The third-order valence-corrected chi connectivity index (χ3v) is 3.14. The lowest BCUT2D eigenvalue weighted by molar-refractivity contribution is 0.0831. The van der Waals surface area contributed by atoms with E-state index in [9.17, 15) is 8.78 Å². The van der Waals surface area contributed by atoms with Gasteiger partial charge < -0.3 is 5.32 Å². The summed E-state index contributed by atoms with van der Waals surface area (Å²) in [7, 11) is 1.63. The Hall–Kier alpha value is 0.440. The summed E-state index contributed by atoms with van der Waals surface area (Å²) in [6, 6.07) is 0. The van der Waals surface area contributed by atoms with Crippen molar-refractivity contribution in [1.82, 2.24) is 16.0 Å². The van der Waals surface area contributed by atoms with Gasteiger partial charge in [-0.05, 0) is 13.6 Å². The van der Waals surface area contributed by atoms with E-state index in [-0.39, 0.29) is 24.6 Å². The highest BCUT2D eigenvalue weighted by atomic mass is 32.1. The molecule has 0 aliphatic rings. The van der Waals surface area contributed by atoms with Gasteiger partial charge >= 0.3 is 0 Å². The Kier molecular flexibility index (Phi) is 7.92. The van der Waals surface area contributed by atoms with E-state index < -0.39 is 11.6 Å². The van der Waals surface area contributed by atoms with Crippen molar-refractivity contribution in [3.8, 4) is 0 Å². The Labute approximate surface area is 107 Å². The molecule has 0 radical (unpaired) electrons. The molecule has 0 saturated heterocycles. The number of nitrogens with one attached hydrogen (secondary N) is 3. The molecule has 0 aromatic rings. The lowest BCUT2D eigenvalue weighted by Gasteiger charge is -2.31. The van der Waals surface area contributed by atoms with Crippen LogP contribution < -0.4 is 16.0 Å². The zero-order valence-electron chi connectivity index (χ0n) is 9.69. The molecule has 0 aromatic heterocycles. The van der Waals surface area contributed by atoms with Crippen LogP contribution >= 0.6 is 25.3 Å².